The second kappa shape index (κ2) is 6.51. The van der Waals surface area contributed by atoms with Crippen LogP contribution in [0.3, 0.4) is 0 Å². The number of tetrazole rings is 1. The van der Waals surface area contributed by atoms with Gasteiger partial charge >= 0.3 is 6.18 Å². The van der Waals surface area contributed by atoms with E-state index in [-0.39, 0.29) is 11.9 Å². The van der Waals surface area contributed by atoms with Gasteiger partial charge in [-0.25, -0.2) is 4.68 Å². The van der Waals surface area contributed by atoms with E-state index >= 15 is 0 Å². The highest BCUT2D eigenvalue weighted by Crippen LogP contribution is 2.32. The molecule has 0 spiro atoms. The lowest BCUT2D eigenvalue weighted by Crippen LogP contribution is -2.29. The van der Waals surface area contributed by atoms with E-state index in [9.17, 15) is 13.2 Å². The standard InChI is InChI=1S/C16H20F3N5/c1-11-3-5-13(6-4-11)14-7-12(2)23(8-14)9-15-20-21-22-24(15)10-16(17,18)19/h3-6,12,14H,7-10H2,1-2H3/t12-,14+/m1/s1. The van der Waals surface area contributed by atoms with Crippen LogP contribution in [0.2, 0.25) is 0 Å². The average molecular weight is 339 g/mol. The Morgan fingerprint density at radius 1 is 1.21 bits per heavy atom. The maximum absolute atomic E-state index is 12.6. The quantitative estimate of drug-likeness (QED) is 0.859. The Hall–Kier alpha value is -1.96. The van der Waals surface area contributed by atoms with Gasteiger partial charge in [0, 0.05) is 12.6 Å². The Labute approximate surface area is 138 Å². The molecule has 0 aliphatic carbocycles. The number of hydrogen-bond acceptors (Lipinski definition) is 4. The average Bonchev–Trinajstić information content (AvgIpc) is 3.06. The highest BCUT2D eigenvalue weighted by Gasteiger charge is 2.33. The van der Waals surface area contributed by atoms with Gasteiger partial charge in [-0.2, -0.15) is 13.2 Å². The van der Waals surface area contributed by atoms with Gasteiger partial charge in [-0.05, 0) is 42.2 Å². The van der Waals surface area contributed by atoms with Crippen LogP contribution in [0, 0.1) is 6.92 Å². The largest absolute Gasteiger partial charge is 0.408 e. The highest BCUT2D eigenvalue weighted by molar-refractivity contribution is 5.26. The normalized spacial score (nSPS) is 22.2. The van der Waals surface area contributed by atoms with Crippen molar-refractivity contribution < 1.29 is 13.2 Å². The van der Waals surface area contributed by atoms with Crippen molar-refractivity contribution >= 4 is 0 Å². The van der Waals surface area contributed by atoms with Crippen LogP contribution in [0.25, 0.3) is 0 Å². The SMILES string of the molecule is Cc1ccc([C@H]2C[C@@H](C)N(Cc3nnnn3CC(F)(F)F)C2)cc1. The fraction of sp³-hybridized carbons (Fsp3) is 0.562. The summed E-state index contributed by atoms with van der Waals surface area (Å²) >= 11 is 0. The van der Waals surface area contributed by atoms with Crippen LogP contribution < -0.4 is 0 Å². The number of halogens is 3. The van der Waals surface area contributed by atoms with E-state index in [0.717, 1.165) is 17.6 Å². The van der Waals surface area contributed by atoms with Gasteiger partial charge in [0.1, 0.15) is 6.54 Å². The lowest BCUT2D eigenvalue weighted by molar-refractivity contribution is -0.143. The Kier molecular flexibility index (Phi) is 4.58. The summed E-state index contributed by atoms with van der Waals surface area (Å²) in [6.07, 6.45) is -3.35. The summed E-state index contributed by atoms with van der Waals surface area (Å²) in [4.78, 5) is 2.14. The number of aromatic nitrogens is 4. The Morgan fingerprint density at radius 2 is 1.92 bits per heavy atom. The topological polar surface area (TPSA) is 46.8 Å². The number of likely N-dealkylation sites (tertiary alicyclic amines) is 1. The Bertz CT molecular complexity index is 680. The summed E-state index contributed by atoms with van der Waals surface area (Å²) in [6.45, 7) is 4.11. The van der Waals surface area contributed by atoms with Gasteiger partial charge in [-0.3, -0.25) is 4.90 Å². The van der Waals surface area contributed by atoms with E-state index in [1.54, 1.807) is 0 Å². The molecule has 5 nitrogen and oxygen atoms in total. The second-order valence-electron chi connectivity index (χ2n) is 6.49. The molecule has 0 radical (unpaired) electrons. The summed E-state index contributed by atoms with van der Waals surface area (Å²) in [5.74, 6) is 0.635. The maximum atomic E-state index is 12.6. The lowest BCUT2D eigenvalue weighted by Gasteiger charge is -2.20. The van der Waals surface area contributed by atoms with Crippen molar-refractivity contribution in [3.8, 4) is 0 Å². The summed E-state index contributed by atoms with van der Waals surface area (Å²) < 4.78 is 38.6. The van der Waals surface area contributed by atoms with E-state index in [1.165, 1.54) is 11.1 Å². The zero-order valence-electron chi connectivity index (χ0n) is 13.7. The van der Waals surface area contributed by atoms with E-state index < -0.39 is 12.7 Å². The first-order valence-electron chi connectivity index (χ1n) is 7.94. The van der Waals surface area contributed by atoms with Crippen molar-refractivity contribution in [2.45, 2.75) is 51.5 Å². The van der Waals surface area contributed by atoms with Crippen LogP contribution >= 0.6 is 0 Å². The predicted molar refractivity (Wildman–Crippen MR) is 82.3 cm³/mol. The fourth-order valence-electron chi connectivity index (χ4n) is 3.21. The van der Waals surface area contributed by atoms with Gasteiger partial charge in [-0.15, -0.1) is 5.10 Å². The van der Waals surface area contributed by atoms with Crippen LogP contribution in [-0.2, 0) is 13.1 Å². The highest BCUT2D eigenvalue weighted by atomic mass is 19.4. The van der Waals surface area contributed by atoms with Gasteiger partial charge in [0.25, 0.3) is 0 Å². The third kappa shape index (κ3) is 3.92. The molecule has 1 aliphatic heterocycles. The van der Waals surface area contributed by atoms with Crippen LogP contribution in [-0.4, -0.2) is 43.9 Å². The molecular formula is C16H20F3N5. The minimum absolute atomic E-state index is 0.253. The Morgan fingerprint density at radius 3 is 2.58 bits per heavy atom. The number of hydrogen-bond donors (Lipinski definition) is 0. The van der Waals surface area contributed by atoms with Crippen molar-refractivity contribution in [3.63, 3.8) is 0 Å². The third-order valence-electron chi connectivity index (χ3n) is 4.53. The maximum Gasteiger partial charge on any atom is 0.408 e. The van der Waals surface area contributed by atoms with E-state index in [2.05, 4.69) is 51.6 Å². The van der Waals surface area contributed by atoms with Gasteiger partial charge in [0.2, 0.25) is 0 Å². The molecule has 3 rings (SSSR count). The summed E-state index contributed by atoms with van der Waals surface area (Å²) in [6, 6.07) is 8.71. The number of aryl methyl sites for hydroxylation is 1. The molecule has 1 aromatic heterocycles. The monoisotopic (exact) mass is 339 g/mol. The minimum Gasteiger partial charge on any atom is -0.293 e. The molecule has 0 unspecified atom stereocenters. The van der Waals surface area contributed by atoms with Crippen molar-refractivity contribution in [1.82, 2.24) is 25.1 Å². The lowest BCUT2D eigenvalue weighted by atomic mass is 9.96. The van der Waals surface area contributed by atoms with E-state index in [1.807, 2.05) is 6.92 Å². The van der Waals surface area contributed by atoms with Gasteiger partial charge in [0.15, 0.2) is 5.82 Å². The molecule has 2 atom stereocenters. The molecular weight excluding hydrogens is 319 g/mol. The number of nitrogens with zero attached hydrogens (tertiary/aromatic N) is 5. The van der Waals surface area contributed by atoms with Crippen LogP contribution in [0.15, 0.2) is 24.3 Å². The van der Waals surface area contributed by atoms with Gasteiger partial charge in [-0.1, -0.05) is 29.8 Å². The second-order valence-corrected chi connectivity index (χ2v) is 6.49. The molecule has 0 bridgehead atoms. The molecule has 0 saturated carbocycles. The van der Waals surface area contributed by atoms with Crippen molar-refractivity contribution in [3.05, 3.63) is 41.2 Å². The smallest absolute Gasteiger partial charge is 0.293 e. The number of benzene rings is 1. The molecule has 0 N–H and O–H groups in total. The molecule has 0 amide bonds. The predicted octanol–water partition coefficient (Wildman–Crippen LogP) is 2.92. The molecule has 2 heterocycles. The zero-order valence-corrected chi connectivity index (χ0v) is 13.7. The van der Waals surface area contributed by atoms with Crippen molar-refractivity contribution in [2.24, 2.45) is 0 Å². The first-order valence-corrected chi connectivity index (χ1v) is 7.94. The molecule has 24 heavy (non-hydrogen) atoms. The molecule has 1 aliphatic rings. The van der Waals surface area contributed by atoms with Gasteiger partial charge < -0.3 is 0 Å². The third-order valence-corrected chi connectivity index (χ3v) is 4.53. The fourth-order valence-corrected chi connectivity index (χ4v) is 3.21. The van der Waals surface area contributed by atoms with Crippen LogP contribution in [0.4, 0.5) is 13.2 Å². The minimum atomic E-state index is -4.33. The number of rotatable bonds is 4. The first kappa shape index (κ1) is 16.9. The summed E-state index contributed by atoms with van der Waals surface area (Å²) in [5.41, 5.74) is 2.48. The number of alkyl halides is 3. The molecule has 1 fully saturated rings. The Balaban J connectivity index is 1.68. The molecule has 8 heteroatoms. The van der Waals surface area contributed by atoms with Crippen molar-refractivity contribution in [2.75, 3.05) is 6.54 Å². The molecule has 1 aromatic carbocycles. The van der Waals surface area contributed by atoms with Crippen LogP contribution in [0.5, 0.6) is 0 Å². The van der Waals surface area contributed by atoms with E-state index in [4.69, 9.17) is 0 Å². The van der Waals surface area contributed by atoms with Gasteiger partial charge in [0.05, 0.1) is 6.54 Å². The molecule has 130 valence electrons. The summed E-state index contributed by atoms with van der Waals surface area (Å²) in [5, 5.41) is 10.6. The van der Waals surface area contributed by atoms with Crippen molar-refractivity contribution in [1.29, 1.82) is 0 Å². The van der Waals surface area contributed by atoms with Crippen LogP contribution in [0.1, 0.15) is 36.2 Å². The molecule has 1 saturated heterocycles. The molecule has 2 aromatic rings. The zero-order chi connectivity index (χ0) is 17.3. The van der Waals surface area contributed by atoms with E-state index in [0.29, 0.717) is 12.5 Å². The first-order chi connectivity index (χ1) is 11.3. The summed E-state index contributed by atoms with van der Waals surface area (Å²) in [7, 11) is 0.